The second kappa shape index (κ2) is 15.5. The molecule has 0 saturated heterocycles. The molecule has 1 aliphatic rings. The molecule has 0 aliphatic carbocycles. The van der Waals surface area contributed by atoms with E-state index in [2.05, 4.69) is 225 Å². The molecule has 6 heteroatoms. The summed E-state index contributed by atoms with van der Waals surface area (Å²) in [5.41, 5.74) is 9.93. The van der Waals surface area contributed by atoms with E-state index in [1.165, 1.54) is 27.6 Å². The molecule has 0 bridgehead atoms. The number of fused-ring (bicyclic) bond motifs is 3. The molecule has 0 amide bonds. The van der Waals surface area contributed by atoms with E-state index in [9.17, 15) is 0 Å². The van der Waals surface area contributed by atoms with Crippen LogP contribution in [0.15, 0.2) is 128 Å². The van der Waals surface area contributed by atoms with Crippen LogP contribution in [0.2, 0.25) is 0 Å². The van der Waals surface area contributed by atoms with Crippen LogP contribution in [-0.4, -0.2) is 9.55 Å². The number of pyridine rings is 1. The molecular weight excluding hydrogens is 904 g/mol. The summed E-state index contributed by atoms with van der Waals surface area (Å²) in [6, 6.07) is 46.4. The fourth-order valence-electron chi connectivity index (χ4n) is 7.70. The summed E-state index contributed by atoms with van der Waals surface area (Å²) in [6.45, 7) is 26.8. The molecule has 0 spiro atoms. The first-order valence-corrected chi connectivity index (χ1v) is 20.4. The number of hydrogen-bond acceptors (Lipinski definition) is 4. The van der Waals surface area contributed by atoms with Gasteiger partial charge in [-0.2, -0.15) is 6.07 Å². The van der Waals surface area contributed by atoms with Gasteiger partial charge >= 0.3 is 0 Å². The van der Waals surface area contributed by atoms with Crippen LogP contribution in [0, 0.1) is 18.8 Å². The normalized spacial score (nSPS) is 13.7. The summed E-state index contributed by atoms with van der Waals surface area (Å²) in [5.74, 6) is 2.12. The Hall–Kier alpha value is -5.12. The van der Waals surface area contributed by atoms with Gasteiger partial charge in [-0.3, -0.25) is 0 Å². The van der Waals surface area contributed by atoms with Crippen molar-refractivity contribution in [1.82, 2.24) is 9.55 Å². The van der Waals surface area contributed by atoms with Crippen LogP contribution < -0.4 is 14.5 Å². The van der Waals surface area contributed by atoms with Crippen molar-refractivity contribution in [2.45, 2.75) is 97.8 Å². The fraction of sp³-hybridized carbons (Fsp3) is 0.283. The summed E-state index contributed by atoms with van der Waals surface area (Å²) in [5, 5.41) is 2.28. The Kier molecular flexibility index (Phi) is 11.0. The minimum Gasteiger partial charge on any atom is -0.509 e. The zero-order chi connectivity index (χ0) is 41.2. The molecule has 8 rings (SSSR count). The van der Waals surface area contributed by atoms with E-state index in [0.717, 1.165) is 39.2 Å². The second-order valence-corrected chi connectivity index (χ2v) is 19.3. The number of benzene rings is 5. The molecule has 0 unspecified atom stereocenters. The Balaban J connectivity index is 0.00000528. The number of aromatic nitrogens is 2. The zero-order valence-electron chi connectivity index (χ0n) is 36.2. The molecule has 7 aromatic rings. The van der Waals surface area contributed by atoms with Crippen LogP contribution >= 0.6 is 0 Å². The van der Waals surface area contributed by atoms with E-state index in [4.69, 9.17) is 9.72 Å². The van der Waals surface area contributed by atoms with Crippen molar-refractivity contribution < 1.29 is 25.8 Å². The largest absolute Gasteiger partial charge is 0.509 e. The third-order valence-corrected chi connectivity index (χ3v) is 11.5. The van der Waals surface area contributed by atoms with E-state index in [0.29, 0.717) is 11.5 Å². The van der Waals surface area contributed by atoms with Gasteiger partial charge in [-0.1, -0.05) is 136 Å². The van der Waals surface area contributed by atoms with Crippen molar-refractivity contribution in [2.75, 3.05) is 9.80 Å². The van der Waals surface area contributed by atoms with Gasteiger partial charge in [0.25, 0.3) is 0 Å². The van der Waals surface area contributed by atoms with Crippen LogP contribution in [0.25, 0.3) is 27.6 Å². The molecule has 3 heterocycles. The maximum absolute atomic E-state index is 6.75. The summed E-state index contributed by atoms with van der Waals surface area (Å²) in [4.78, 5) is 9.19. The average Bonchev–Trinajstić information content (AvgIpc) is 3.81. The molecule has 5 nitrogen and oxygen atoms in total. The van der Waals surface area contributed by atoms with Crippen LogP contribution in [0.4, 0.5) is 11.4 Å². The first-order chi connectivity index (χ1) is 27.4. The Morgan fingerprint density at radius 1 is 0.542 bits per heavy atom. The third kappa shape index (κ3) is 8.37. The standard InChI is InChI=1S/C53H55N4O.Pt/c1-50(2,3)37-20-23-47-46(31-37)45-22-21-43(34-48(45)57(47)49-32-38(24-25-54-49)51(4,5)6)58-44-30-40(52(7,8)9)29-42(33-44)56-27-26-55(35-56)41-19-15-18-39(28-41)53(10,11)36-16-13-12-14-17-36;/h12-32,35H,1-11H3;/q-3;. The molecule has 0 fully saturated rings. The van der Waals surface area contributed by atoms with E-state index in [-0.39, 0.29) is 42.7 Å². The van der Waals surface area contributed by atoms with Crippen molar-refractivity contribution in [2.24, 2.45) is 0 Å². The van der Waals surface area contributed by atoms with Gasteiger partial charge < -0.3 is 19.1 Å². The summed E-state index contributed by atoms with van der Waals surface area (Å²) in [6.07, 6.45) is 6.10. The topological polar surface area (TPSA) is 33.5 Å². The van der Waals surface area contributed by atoms with Crippen molar-refractivity contribution in [3.05, 3.63) is 174 Å². The van der Waals surface area contributed by atoms with Crippen LogP contribution in [0.3, 0.4) is 0 Å². The third-order valence-electron chi connectivity index (χ3n) is 11.5. The summed E-state index contributed by atoms with van der Waals surface area (Å²) < 4.78 is 8.98. The average molecular weight is 959 g/mol. The molecule has 0 radical (unpaired) electrons. The Labute approximate surface area is 366 Å². The van der Waals surface area contributed by atoms with Crippen molar-refractivity contribution in [3.8, 4) is 17.3 Å². The van der Waals surface area contributed by atoms with Crippen molar-refractivity contribution in [3.63, 3.8) is 0 Å². The molecule has 2 aromatic heterocycles. The van der Waals surface area contributed by atoms with Gasteiger partial charge in [-0.25, -0.2) is 4.98 Å². The maximum atomic E-state index is 6.75. The number of hydrogen-bond donors (Lipinski definition) is 0. The number of ether oxygens (including phenoxy) is 1. The minimum absolute atomic E-state index is 0. The van der Waals surface area contributed by atoms with Crippen molar-refractivity contribution >= 4 is 33.2 Å². The van der Waals surface area contributed by atoms with Gasteiger partial charge in [-0.05, 0) is 86.6 Å². The van der Waals surface area contributed by atoms with Gasteiger partial charge in [0, 0.05) is 55.4 Å². The monoisotopic (exact) mass is 958 g/mol. The Bertz CT molecular complexity index is 2670. The molecule has 0 N–H and O–H groups in total. The minimum atomic E-state index is -0.141. The molecular formula is C53H55N4OPt-3. The van der Waals surface area contributed by atoms with Crippen LogP contribution in [0.5, 0.6) is 11.5 Å². The van der Waals surface area contributed by atoms with E-state index in [1.54, 1.807) is 0 Å². The van der Waals surface area contributed by atoms with Crippen LogP contribution in [0.1, 0.15) is 104 Å². The van der Waals surface area contributed by atoms with E-state index >= 15 is 0 Å². The van der Waals surface area contributed by atoms with E-state index in [1.807, 2.05) is 12.3 Å². The van der Waals surface area contributed by atoms with Crippen molar-refractivity contribution in [1.29, 1.82) is 0 Å². The molecule has 1 aliphatic heterocycles. The molecule has 0 saturated carbocycles. The van der Waals surface area contributed by atoms with Gasteiger partial charge in [-0.15, -0.1) is 53.6 Å². The molecule has 0 atom stereocenters. The summed E-state index contributed by atoms with van der Waals surface area (Å²) in [7, 11) is 0. The second-order valence-electron chi connectivity index (χ2n) is 19.3. The van der Waals surface area contributed by atoms with Crippen LogP contribution in [-0.2, 0) is 42.7 Å². The molecule has 5 aromatic carbocycles. The number of rotatable bonds is 7. The van der Waals surface area contributed by atoms with E-state index < -0.39 is 0 Å². The summed E-state index contributed by atoms with van der Waals surface area (Å²) >= 11 is 0. The number of anilines is 2. The van der Waals surface area contributed by atoms with Gasteiger partial charge in [0.05, 0.1) is 0 Å². The fourth-order valence-corrected chi connectivity index (χ4v) is 7.70. The predicted octanol–water partition coefficient (Wildman–Crippen LogP) is 13.7. The first kappa shape index (κ1) is 42.0. The molecule has 306 valence electrons. The van der Waals surface area contributed by atoms with Gasteiger partial charge in [0.1, 0.15) is 5.82 Å². The molecule has 59 heavy (non-hydrogen) atoms. The van der Waals surface area contributed by atoms with Gasteiger partial charge in [0.2, 0.25) is 0 Å². The van der Waals surface area contributed by atoms with Gasteiger partial charge in [0.15, 0.2) is 0 Å². The Morgan fingerprint density at radius 2 is 1.22 bits per heavy atom. The quantitative estimate of drug-likeness (QED) is 0.149. The number of nitrogens with zero attached hydrogens (tertiary/aromatic N) is 4. The Morgan fingerprint density at radius 3 is 1.93 bits per heavy atom. The smallest absolute Gasteiger partial charge is 0.135 e. The predicted molar refractivity (Wildman–Crippen MR) is 242 cm³/mol. The SMILES string of the molecule is CC(C)(C)c1cc(Oc2[c-]c3c(cc2)c2cc(C(C)(C)C)ccc2n3-c2cc(C(C)(C)C)ccn2)[c-]c(N2C=CN(c3cccc(C(C)(C)c4ccccc4)c3)[CH-]2)c1.[Pt]. The maximum Gasteiger partial charge on any atom is 0.135 e. The first-order valence-electron chi connectivity index (χ1n) is 20.4. The zero-order valence-corrected chi connectivity index (χ0v) is 38.5.